The van der Waals surface area contributed by atoms with Gasteiger partial charge < -0.3 is 10.6 Å². The summed E-state index contributed by atoms with van der Waals surface area (Å²) in [4.78, 5) is 2.17. The molecule has 4 heteroatoms. The molecule has 2 unspecified atom stereocenters. The van der Waals surface area contributed by atoms with Gasteiger partial charge in [-0.3, -0.25) is 5.41 Å². The third-order valence-corrected chi connectivity index (χ3v) is 3.68. The lowest BCUT2D eigenvalue weighted by atomic mass is 10.1. The van der Waals surface area contributed by atoms with Crippen LogP contribution in [-0.4, -0.2) is 19.4 Å². The van der Waals surface area contributed by atoms with Gasteiger partial charge in [0.25, 0.3) is 0 Å². The van der Waals surface area contributed by atoms with Gasteiger partial charge in [0.1, 0.15) is 5.84 Å². The van der Waals surface area contributed by atoms with Crippen LogP contribution in [0.4, 0.5) is 5.69 Å². The number of rotatable bonds is 4. The van der Waals surface area contributed by atoms with Crippen LogP contribution in [0.1, 0.15) is 18.9 Å². The zero-order valence-corrected chi connectivity index (χ0v) is 11.0. The summed E-state index contributed by atoms with van der Waals surface area (Å²) in [6.07, 6.45) is 1.30. The molecule has 0 aliphatic heterocycles. The molecule has 2 atom stereocenters. The van der Waals surface area contributed by atoms with Gasteiger partial charge in [0.2, 0.25) is 0 Å². The molecule has 0 saturated heterocycles. The molecule has 1 aromatic carbocycles. The molecule has 0 amide bonds. The maximum Gasteiger partial charge on any atom is 0.124 e. The number of anilines is 1. The van der Waals surface area contributed by atoms with E-state index < -0.39 is 0 Å². The lowest BCUT2D eigenvalue weighted by Crippen LogP contribution is -2.24. The molecule has 1 aliphatic rings. The SMILES string of the molecule is CC1CC1CN(C)c1ccc(Cl)cc1C(=N)N. The minimum absolute atomic E-state index is 0.0678. The molecule has 0 radical (unpaired) electrons. The molecular weight excluding hydrogens is 234 g/mol. The predicted molar refractivity (Wildman–Crippen MR) is 73.0 cm³/mol. The average Bonchev–Trinajstić information content (AvgIpc) is 2.93. The maximum atomic E-state index is 7.60. The van der Waals surface area contributed by atoms with E-state index in [1.54, 1.807) is 6.07 Å². The number of nitrogens with one attached hydrogen (secondary N) is 1. The van der Waals surface area contributed by atoms with E-state index in [9.17, 15) is 0 Å². The van der Waals surface area contributed by atoms with Crippen LogP contribution >= 0.6 is 11.6 Å². The van der Waals surface area contributed by atoms with Crippen molar-refractivity contribution in [3.8, 4) is 0 Å². The van der Waals surface area contributed by atoms with Gasteiger partial charge in [-0.25, -0.2) is 0 Å². The van der Waals surface area contributed by atoms with E-state index in [-0.39, 0.29) is 5.84 Å². The van der Waals surface area contributed by atoms with Crippen LogP contribution in [0.5, 0.6) is 0 Å². The Labute approximate surface area is 107 Å². The van der Waals surface area contributed by atoms with Gasteiger partial charge in [-0.05, 0) is 36.5 Å². The fraction of sp³-hybridized carbons (Fsp3) is 0.462. The number of hydrogen-bond acceptors (Lipinski definition) is 2. The predicted octanol–water partition coefficient (Wildman–Crippen LogP) is 2.72. The summed E-state index contributed by atoms with van der Waals surface area (Å²) in [6.45, 7) is 3.29. The molecule has 1 fully saturated rings. The minimum atomic E-state index is 0.0678. The molecule has 0 spiro atoms. The summed E-state index contributed by atoms with van der Waals surface area (Å²) in [5, 5.41) is 8.21. The number of nitrogen functional groups attached to an aromatic ring is 1. The third kappa shape index (κ3) is 2.72. The lowest BCUT2D eigenvalue weighted by Gasteiger charge is -2.22. The summed E-state index contributed by atoms with van der Waals surface area (Å²) in [5.41, 5.74) is 7.30. The zero-order chi connectivity index (χ0) is 12.6. The van der Waals surface area contributed by atoms with E-state index in [4.69, 9.17) is 22.7 Å². The fourth-order valence-corrected chi connectivity index (χ4v) is 2.33. The first-order valence-corrected chi connectivity index (χ1v) is 6.22. The molecule has 0 heterocycles. The lowest BCUT2D eigenvalue weighted by molar-refractivity contribution is 0.725. The highest BCUT2D eigenvalue weighted by Crippen LogP contribution is 2.39. The summed E-state index contributed by atoms with van der Waals surface area (Å²) in [6, 6.07) is 5.54. The Morgan fingerprint density at radius 3 is 2.76 bits per heavy atom. The van der Waals surface area contributed by atoms with E-state index >= 15 is 0 Å². The van der Waals surface area contributed by atoms with Gasteiger partial charge in [0.05, 0.1) is 0 Å². The smallest absolute Gasteiger partial charge is 0.124 e. The highest BCUT2D eigenvalue weighted by Gasteiger charge is 2.33. The Bertz CT molecular complexity index is 444. The fourth-order valence-electron chi connectivity index (χ4n) is 2.16. The Balaban J connectivity index is 2.21. The number of nitrogens with zero attached hydrogens (tertiary/aromatic N) is 1. The van der Waals surface area contributed by atoms with E-state index in [0.29, 0.717) is 10.6 Å². The molecule has 0 aromatic heterocycles. The molecule has 2 rings (SSSR count). The van der Waals surface area contributed by atoms with E-state index in [2.05, 4.69) is 11.8 Å². The number of benzene rings is 1. The zero-order valence-electron chi connectivity index (χ0n) is 10.2. The second-order valence-corrected chi connectivity index (χ2v) is 5.37. The van der Waals surface area contributed by atoms with Crippen molar-refractivity contribution in [3.63, 3.8) is 0 Å². The van der Waals surface area contributed by atoms with E-state index in [1.165, 1.54) is 6.42 Å². The van der Waals surface area contributed by atoms with Crippen LogP contribution in [0.15, 0.2) is 18.2 Å². The molecule has 1 aliphatic carbocycles. The van der Waals surface area contributed by atoms with Gasteiger partial charge in [0.15, 0.2) is 0 Å². The van der Waals surface area contributed by atoms with Crippen molar-refractivity contribution in [1.29, 1.82) is 5.41 Å². The maximum absolute atomic E-state index is 7.60. The van der Waals surface area contributed by atoms with Crippen molar-refractivity contribution in [2.45, 2.75) is 13.3 Å². The second-order valence-electron chi connectivity index (χ2n) is 4.93. The molecule has 1 saturated carbocycles. The number of amidine groups is 1. The molecule has 92 valence electrons. The minimum Gasteiger partial charge on any atom is -0.384 e. The van der Waals surface area contributed by atoms with Crippen molar-refractivity contribution in [3.05, 3.63) is 28.8 Å². The normalized spacial score (nSPS) is 22.3. The topological polar surface area (TPSA) is 53.1 Å². The van der Waals surface area contributed by atoms with Gasteiger partial charge in [0, 0.05) is 29.9 Å². The second kappa shape index (κ2) is 4.57. The van der Waals surface area contributed by atoms with Crippen LogP contribution in [0.2, 0.25) is 5.02 Å². The average molecular weight is 252 g/mol. The van der Waals surface area contributed by atoms with Crippen molar-refractivity contribution in [1.82, 2.24) is 0 Å². The van der Waals surface area contributed by atoms with E-state index in [0.717, 1.165) is 24.1 Å². The first-order valence-electron chi connectivity index (χ1n) is 5.84. The largest absolute Gasteiger partial charge is 0.384 e. The number of halogens is 1. The van der Waals surface area contributed by atoms with Crippen molar-refractivity contribution in [2.75, 3.05) is 18.5 Å². The Kier molecular flexibility index (Phi) is 3.29. The summed E-state index contributed by atoms with van der Waals surface area (Å²) in [5.74, 6) is 1.67. The van der Waals surface area contributed by atoms with Crippen molar-refractivity contribution >= 4 is 23.1 Å². The molecule has 0 bridgehead atoms. The Morgan fingerprint density at radius 2 is 2.24 bits per heavy atom. The van der Waals surface area contributed by atoms with Gasteiger partial charge in [-0.2, -0.15) is 0 Å². The molecule has 3 nitrogen and oxygen atoms in total. The third-order valence-electron chi connectivity index (χ3n) is 3.44. The molecular formula is C13H18ClN3. The van der Waals surface area contributed by atoms with E-state index in [1.807, 2.05) is 19.2 Å². The van der Waals surface area contributed by atoms with Gasteiger partial charge in [-0.1, -0.05) is 18.5 Å². The molecule has 1 aromatic rings. The summed E-state index contributed by atoms with van der Waals surface area (Å²) in [7, 11) is 2.04. The van der Waals surface area contributed by atoms with Gasteiger partial charge in [-0.15, -0.1) is 0 Å². The Hall–Kier alpha value is -1.22. The molecule has 17 heavy (non-hydrogen) atoms. The standard InChI is InChI=1S/C13H18ClN3/c1-8-5-9(8)7-17(2)12-4-3-10(14)6-11(12)13(15)16/h3-4,6,8-9H,5,7H2,1-2H3,(H3,15,16). The van der Waals surface area contributed by atoms with Crippen LogP contribution in [0.3, 0.4) is 0 Å². The number of nitrogens with two attached hydrogens (primary N) is 1. The van der Waals surface area contributed by atoms with Crippen molar-refractivity contribution in [2.24, 2.45) is 17.6 Å². The summed E-state index contributed by atoms with van der Waals surface area (Å²) < 4.78 is 0. The molecule has 3 N–H and O–H groups in total. The van der Waals surface area contributed by atoms with Crippen LogP contribution < -0.4 is 10.6 Å². The first kappa shape index (κ1) is 12.2. The first-order chi connectivity index (χ1) is 7.99. The summed E-state index contributed by atoms with van der Waals surface area (Å²) >= 11 is 5.94. The monoisotopic (exact) mass is 251 g/mol. The Morgan fingerprint density at radius 1 is 1.59 bits per heavy atom. The van der Waals surface area contributed by atoms with Crippen LogP contribution in [0, 0.1) is 17.2 Å². The highest BCUT2D eigenvalue weighted by molar-refractivity contribution is 6.31. The quantitative estimate of drug-likeness (QED) is 0.639. The van der Waals surface area contributed by atoms with Crippen molar-refractivity contribution < 1.29 is 0 Å². The van der Waals surface area contributed by atoms with Crippen LogP contribution in [-0.2, 0) is 0 Å². The van der Waals surface area contributed by atoms with Crippen LogP contribution in [0.25, 0.3) is 0 Å². The van der Waals surface area contributed by atoms with Gasteiger partial charge >= 0.3 is 0 Å². The number of hydrogen-bond donors (Lipinski definition) is 2. The highest BCUT2D eigenvalue weighted by atomic mass is 35.5.